The third kappa shape index (κ3) is 4.44. The molecule has 1 heterocycles. The molecule has 132 valence electrons. The van der Waals surface area contributed by atoms with Crippen LogP contribution in [0.25, 0.3) is 11.4 Å². The van der Waals surface area contributed by atoms with Crippen molar-refractivity contribution in [3.63, 3.8) is 0 Å². The molecule has 0 saturated heterocycles. The number of allylic oxidation sites excluding steroid dienone is 1. The number of hydrogen-bond acceptors (Lipinski definition) is 4. The van der Waals surface area contributed by atoms with Gasteiger partial charge in [0.15, 0.2) is 16.8 Å². The highest BCUT2D eigenvalue weighted by atomic mass is 79.9. The van der Waals surface area contributed by atoms with Crippen LogP contribution in [0.4, 0.5) is 0 Å². The molecular formula is C19H15BrClN3OS. The molecule has 4 nitrogen and oxygen atoms in total. The van der Waals surface area contributed by atoms with Crippen LogP contribution in [0.3, 0.4) is 0 Å². The van der Waals surface area contributed by atoms with E-state index in [1.54, 1.807) is 18.2 Å². The number of Topliss-reactive ketones (excluding diaryl/α,β-unsaturated/α-hetero) is 1. The van der Waals surface area contributed by atoms with E-state index in [2.05, 4.69) is 32.7 Å². The highest BCUT2D eigenvalue weighted by Gasteiger charge is 2.15. The van der Waals surface area contributed by atoms with Crippen LogP contribution < -0.4 is 0 Å². The first-order valence-electron chi connectivity index (χ1n) is 7.80. The first kappa shape index (κ1) is 18.9. The summed E-state index contributed by atoms with van der Waals surface area (Å²) < 4.78 is 2.88. The van der Waals surface area contributed by atoms with Crippen molar-refractivity contribution < 1.29 is 4.79 Å². The van der Waals surface area contributed by atoms with Crippen molar-refractivity contribution >= 4 is 45.1 Å². The topological polar surface area (TPSA) is 47.8 Å². The summed E-state index contributed by atoms with van der Waals surface area (Å²) in [4.78, 5) is 12.4. The van der Waals surface area contributed by atoms with Crippen LogP contribution in [-0.2, 0) is 6.54 Å². The summed E-state index contributed by atoms with van der Waals surface area (Å²) in [6, 6.07) is 14.7. The molecule has 1 aromatic heterocycles. The second-order valence-electron chi connectivity index (χ2n) is 5.43. The molecule has 0 fully saturated rings. The Balaban J connectivity index is 1.79. The lowest BCUT2D eigenvalue weighted by molar-refractivity contribution is 0.102. The van der Waals surface area contributed by atoms with Crippen LogP contribution in [0.15, 0.2) is 70.8 Å². The molecule has 26 heavy (non-hydrogen) atoms. The SMILES string of the molecule is C=CCn1c(SCC(=O)c2ccc(Br)cc2)nnc1-c1ccc(Cl)cc1. The summed E-state index contributed by atoms with van der Waals surface area (Å²) in [5.41, 5.74) is 1.59. The van der Waals surface area contributed by atoms with Crippen molar-refractivity contribution in [3.05, 3.63) is 76.2 Å². The predicted molar refractivity (Wildman–Crippen MR) is 110 cm³/mol. The third-order valence-corrected chi connectivity index (χ3v) is 5.38. The molecule has 0 aliphatic rings. The molecule has 0 radical (unpaired) electrons. The molecule has 7 heteroatoms. The van der Waals surface area contributed by atoms with E-state index in [1.165, 1.54) is 11.8 Å². The van der Waals surface area contributed by atoms with E-state index >= 15 is 0 Å². The lowest BCUT2D eigenvalue weighted by Gasteiger charge is -2.08. The van der Waals surface area contributed by atoms with Crippen molar-refractivity contribution in [1.29, 1.82) is 0 Å². The van der Waals surface area contributed by atoms with Gasteiger partial charge in [-0.3, -0.25) is 9.36 Å². The van der Waals surface area contributed by atoms with Gasteiger partial charge >= 0.3 is 0 Å². The summed E-state index contributed by atoms with van der Waals surface area (Å²) >= 11 is 10.7. The molecule has 0 spiro atoms. The van der Waals surface area contributed by atoms with Gasteiger partial charge in [-0.05, 0) is 36.4 Å². The van der Waals surface area contributed by atoms with E-state index in [1.807, 2.05) is 41.0 Å². The number of aromatic nitrogens is 3. The average molecular weight is 449 g/mol. The van der Waals surface area contributed by atoms with Gasteiger partial charge in [0.2, 0.25) is 0 Å². The standard InChI is InChI=1S/C19H15BrClN3OS/c1-2-11-24-18(14-5-9-16(21)10-6-14)22-23-19(24)26-12-17(25)13-3-7-15(20)8-4-13/h2-10H,1,11-12H2. The fourth-order valence-electron chi connectivity index (χ4n) is 2.35. The number of carbonyl (C=O) groups excluding carboxylic acids is 1. The molecule has 2 aromatic carbocycles. The predicted octanol–water partition coefficient (Wildman–Crippen LogP) is 5.52. The molecule has 0 N–H and O–H groups in total. The van der Waals surface area contributed by atoms with Crippen LogP contribution in [0, 0.1) is 0 Å². The number of halogens is 2. The monoisotopic (exact) mass is 447 g/mol. The molecule has 3 rings (SSSR count). The van der Waals surface area contributed by atoms with E-state index in [4.69, 9.17) is 11.6 Å². The van der Waals surface area contributed by atoms with Gasteiger partial charge in [0.25, 0.3) is 0 Å². The number of thioether (sulfide) groups is 1. The number of carbonyl (C=O) groups is 1. The van der Waals surface area contributed by atoms with E-state index in [-0.39, 0.29) is 11.5 Å². The first-order valence-corrected chi connectivity index (χ1v) is 9.95. The molecule has 3 aromatic rings. The molecule has 0 bridgehead atoms. The molecule has 0 unspecified atom stereocenters. The lowest BCUT2D eigenvalue weighted by Crippen LogP contribution is -2.05. The van der Waals surface area contributed by atoms with E-state index in [9.17, 15) is 4.79 Å². The van der Waals surface area contributed by atoms with E-state index in [0.717, 1.165) is 15.9 Å². The first-order chi connectivity index (χ1) is 12.6. The molecular weight excluding hydrogens is 434 g/mol. The summed E-state index contributed by atoms with van der Waals surface area (Å²) in [5.74, 6) is 1.06. The van der Waals surface area contributed by atoms with E-state index in [0.29, 0.717) is 22.3 Å². The Morgan fingerprint density at radius 1 is 1.15 bits per heavy atom. The van der Waals surface area contributed by atoms with Gasteiger partial charge in [0.1, 0.15) is 0 Å². The summed E-state index contributed by atoms with van der Waals surface area (Å²) in [7, 11) is 0. The summed E-state index contributed by atoms with van der Waals surface area (Å²) in [6.07, 6.45) is 1.78. The van der Waals surface area contributed by atoms with Gasteiger partial charge in [0, 0.05) is 27.2 Å². The Morgan fingerprint density at radius 2 is 1.85 bits per heavy atom. The maximum atomic E-state index is 12.4. The second kappa shape index (κ2) is 8.66. The molecule has 0 aliphatic heterocycles. The van der Waals surface area contributed by atoms with Crippen molar-refractivity contribution in [2.45, 2.75) is 11.7 Å². The molecule has 0 amide bonds. The van der Waals surface area contributed by atoms with Crippen molar-refractivity contribution in [2.75, 3.05) is 5.75 Å². The minimum absolute atomic E-state index is 0.0451. The summed E-state index contributed by atoms with van der Waals surface area (Å²) in [6.45, 7) is 4.35. The van der Waals surface area contributed by atoms with Crippen LogP contribution in [-0.4, -0.2) is 26.3 Å². The Morgan fingerprint density at radius 3 is 2.50 bits per heavy atom. The fraction of sp³-hybridized carbons (Fsp3) is 0.105. The lowest BCUT2D eigenvalue weighted by atomic mass is 10.2. The summed E-state index contributed by atoms with van der Waals surface area (Å²) in [5, 5.41) is 9.88. The van der Waals surface area contributed by atoms with Gasteiger partial charge in [-0.2, -0.15) is 0 Å². The number of benzene rings is 2. The quantitative estimate of drug-likeness (QED) is 0.271. The Hall–Kier alpha value is -1.89. The van der Waals surface area contributed by atoms with E-state index < -0.39 is 0 Å². The smallest absolute Gasteiger partial charge is 0.192 e. The minimum Gasteiger partial charge on any atom is -0.298 e. The Labute approximate surface area is 169 Å². The average Bonchev–Trinajstić information content (AvgIpc) is 3.04. The van der Waals surface area contributed by atoms with Gasteiger partial charge in [-0.1, -0.05) is 57.5 Å². The van der Waals surface area contributed by atoms with Gasteiger partial charge in [0.05, 0.1) is 5.75 Å². The third-order valence-electron chi connectivity index (χ3n) is 3.63. The largest absolute Gasteiger partial charge is 0.298 e. The van der Waals surface area contributed by atoms with Gasteiger partial charge < -0.3 is 0 Å². The zero-order valence-corrected chi connectivity index (χ0v) is 16.9. The van der Waals surface area contributed by atoms with Crippen molar-refractivity contribution in [2.24, 2.45) is 0 Å². The van der Waals surface area contributed by atoms with Crippen LogP contribution in [0.5, 0.6) is 0 Å². The van der Waals surface area contributed by atoms with Crippen LogP contribution in [0.2, 0.25) is 5.02 Å². The van der Waals surface area contributed by atoms with Crippen molar-refractivity contribution in [3.8, 4) is 11.4 Å². The Bertz CT molecular complexity index is 923. The van der Waals surface area contributed by atoms with Gasteiger partial charge in [-0.25, -0.2) is 0 Å². The maximum Gasteiger partial charge on any atom is 0.192 e. The van der Waals surface area contributed by atoms with Crippen LogP contribution in [0.1, 0.15) is 10.4 Å². The molecule has 0 saturated carbocycles. The fourth-order valence-corrected chi connectivity index (χ4v) is 3.58. The highest BCUT2D eigenvalue weighted by Crippen LogP contribution is 2.26. The number of ketones is 1. The molecule has 0 aliphatic carbocycles. The van der Waals surface area contributed by atoms with Gasteiger partial charge in [-0.15, -0.1) is 16.8 Å². The zero-order valence-electron chi connectivity index (χ0n) is 13.7. The second-order valence-corrected chi connectivity index (χ2v) is 7.73. The maximum absolute atomic E-state index is 12.4. The minimum atomic E-state index is 0.0451. The molecule has 0 atom stereocenters. The van der Waals surface area contributed by atoms with Crippen molar-refractivity contribution in [1.82, 2.24) is 14.8 Å². The zero-order chi connectivity index (χ0) is 18.5. The number of nitrogens with zero attached hydrogens (tertiary/aromatic N) is 3. The number of hydrogen-bond donors (Lipinski definition) is 0. The Kier molecular flexibility index (Phi) is 6.29. The normalized spacial score (nSPS) is 10.7. The highest BCUT2D eigenvalue weighted by molar-refractivity contribution is 9.10. The van der Waals surface area contributed by atoms with Crippen LogP contribution >= 0.6 is 39.3 Å². The number of rotatable bonds is 7.